The smallest absolute Gasteiger partial charge is 0.341 e. The molecule has 104 valence electrons. The third-order valence-corrected chi connectivity index (χ3v) is 3.45. The van der Waals surface area contributed by atoms with Gasteiger partial charge in [0, 0.05) is 16.2 Å². The lowest BCUT2D eigenvalue weighted by Crippen LogP contribution is -2.10. The first-order valence-electron chi connectivity index (χ1n) is 5.84. The summed E-state index contributed by atoms with van der Waals surface area (Å²) in [6, 6.07) is 5.45. The van der Waals surface area contributed by atoms with Gasteiger partial charge in [-0.2, -0.15) is 5.10 Å². The van der Waals surface area contributed by atoms with Crippen molar-refractivity contribution in [3.8, 4) is 5.69 Å². The molecule has 0 saturated heterocycles. The number of aromatic nitrogens is 2. The van der Waals surface area contributed by atoms with Crippen LogP contribution in [0.4, 0.5) is 0 Å². The maximum Gasteiger partial charge on any atom is 0.341 e. The Labute approximate surface area is 129 Å². The minimum Gasteiger partial charge on any atom is -0.462 e. The molecule has 2 N–H and O–H groups in total. The fourth-order valence-corrected chi connectivity index (χ4v) is 2.52. The summed E-state index contributed by atoms with van der Waals surface area (Å²) >= 11 is 8.35. The first kappa shape index (κ1) is 14.7. The van der Waals surface area contributed by atoms with Crippen LogP contribution < -0.4 is 5.73 Å². The number of nitrogens with two attached hydrogens (primary N) is 1. The van der Waals surface area contributed by atoms with Crippen LogP contribution in [-0.2, 0) is 4.74 Å². The molecule has 7 heteroatoms. The van der Waals surface area contributed by atoms with E-state index in [1.54, 1.807) is 23.9 Å². The van der Waals surface area contributed by atoms with Crippen molar-refractivity contribution in [3.05, 3.63) is 46.2 Å². The fraction of sp³-hybridized carbons (Fsp3) is 0.154. The Bertz CT molecular complexity index is 669. The van der Waals surface area contributed by atoms with Crippen molar-refractivity contribution >= 4 is 39.1 Å². The first-order chi connectivity index (χ1) is 9.52. The molecule has 1 aromatic heterocycles. The number of hydrogen-bond acceptors (Lipinski definition) is 4. The van der Waals surface area contributed by atoms with Crippen LogP contribution >= 0.6 is 28.1 Å². The highest BCUT2D eigenvalue weighted by atomic mass is 79.9. The number of thiocarbonyl (C=S) groups is 1. The summed E-state index contributed by atoms with van der Waals surface area (Å²) in [5.74, 6) is -0.391. The van der Waals surface area contributed by atoms with Gasteiger partial charge in [-0.3, -0.25) is 0 Å². The van der Waals surface area contributed by atoms with Crippen LogP contribution in [0.5, 0.6) is 0 Å². The molecule has 2 aromatic rings. The van der Waals surface area contributed by atoms with Crippen LogP contribution in [0.15, 0.2) is 35.1 Å². The average Bonchev–Trinajstić information content (AvgIpc) is 2.88. The van der Waals surface area contributed by atoms with Crippen LogP contribution in [0.2, 0.25) is 0 Å². The van der Waals surface area contributed by atoms with Crippen molar-refractivity contribution in [2.45, 2.75) is 6.92 Å². The molecule has 5 nitrogen and oxygen atoms in total. The van der Waals surface area contributed by atoms with E-state index < -0.39 is 5.97 Å². The topological polar surface area (TPSA) is 70.1 Å². The predicted octanol–water partition coefficient (Wildman–Crippen LogP) is 2.45. The van der Waals surface area contributed by atoms with Gasteiger partial charge < -0.3 is 10.5 Å². The SMILES string of the molecule is CCOC(=O)c1cnn(-c2ccc(C(N)=S)c(Br)c2)c1. The monoisotopic (exact) mass is 353 g/mol. The number of ether oxygens (including phenoxy) is 1. The Morgan fingerprint density at radius 2 is 2.30 bits per heavy atom. The Balaban J connectivity index is 2.31. The molecular weight excluding hydrogens is 342 g/mol. The molecule has 0 fully saturated rings. The Kier molecular flexibility index (Phi) is 4.51. The lowest BCUT2D eigenvalue weighted by molar-refractivity contribution is 0.0526. The van der Waals surface area contributed by atoms with Crippen molar-refractivity contribution in [1.82, 2.24) is 9.78 Å². The maximum absolute atomic E-state index is 11.6. The second kappa shape index (κ2) is 6.15. The zero-order valence-electron chi connectivity index (χ0n) is 10.7. The van der Waals surface area contributed by atoms with E-state index in [1.807, 2.05) is 12.1 Å². The highest BCUT2D eigenvalue weighted by Crippen LogP contribution is 2.21. The molecule has 2 rings (SSSR count). The molecule has 0 atom stereocenters. The van der Waals surface area contributed by atoms with E-state index in [-0.39, 0.29) is 0 Å². The number of rotatable bonds is 4. The van der Waals surface area contributed by atoms with E-state index in [9.17, 15) is 4.79 Å². The van der Waals surface area contributed by atoms with E-state index in [0.29, 0.717) is 17.2 Å². The van der Waals surface area contributed by atoms with Gasteiger partial charge >= 0.3 is 5.97 Å². The summed E-state index contributed by atoms with van der Waals surface area (Å²) in [5, 5.41) is 4.14. The first-order valence-corrected chi connectivity index (χ1v) is 7.04. The van der Waals surface area contributed by atoms with Gasteiger partial charge in [0.15, 0.2) is 0 Å². The average molecular weight is 354 g/mol. The normalized spacial score (nSPS) is 10.3. The molecule has 0 saturated carbocycles. The summed E-state index contributed by atoms with van der Waals surface area (Å²) < 4.78 is 7.27. The third kappa shape index (κ3) is 3.05. The summed E-state index contributed by atoms with van der Waals surface area (Å²) in [7, 11) is 0. The van der Waals surface area contributed by atoms with Gasteiger partial charge in [-0.1, -0.05) is 12.2 Å². The largest absolute Gasteiger partial charge is 0.462 e. The van der Waals surface area contributed by atoms with E-state index in [4.69, 9.17) is 22.7 Å². The van der Waals surface area contributed by atoms with Crippen LogP contribution in [0.1, 0.15) is 22.8 Å². The van der Waals surface area contributed by atoms with Crippen molar-refractivity contribution in [1.29, 1.82) is 0 Å². The summed E-state index contributed by atoms with van der Waals surface area (Å²) in [4.78, 5) is 11.9. The lowest BCUT2D eigenvalue weighted by atomic mass is 10.2. The Morgan fingerprint density at radius 1 is 1.55 bits per heavy atom. The summed E-state index contributed by atoms with van der Waals surface area (Å²) in [6.45, 7) is 2.09. The molecule has 0 aliphatic heterocycles. The Morgan fingerprint density at radius 3 is 2.90 bits per heavy atom. The zero-order valence-corrected chi connectivity index (χ0v) is 13.1. The molecule has 0 aliphatic rings. The fourth-order valence-electron chi connectivity index (χ4n) is 1.63. The van der Waals surface area contributed by atoms with E-state index in [2.05, 4.69) is 21.0 Å². The van der Waals surface area contributed by atoms with Crippen LogP contribution in [0.3, 0.4) is 0 Å². The predicted molar refractivity (Wildman–Crippen MR) is 83.1 cm³/mol. The molecule has 0 amide bonds. The third-order valence-electron chi connectivity index (χ3n) is 2.58. The minimum absolute atomic E-state index is 0.316. The molecule has 20 heavy (non-hydrogen) atoms. The van der Waals surface area contributed by atoms with Gasteiger partial charge in [-0.05, 0) is 41.1 Å². The number of esters is 1. The van der Waals surface area contributed by atoms with Crippen molar-refractivity contribution < 1.29 is 9.53 Å². The number of halogens is 1. The summed E-state index contributed by atoms with van der Waals surface area (Å²) in [6.07, 6.45) is 3.08. The van der Waals surface area contributed by atoms with Crippen LogP contribution in [-0.4, -0.2) is 27.3 Å². The minimum atomic E-state index is -0.391. The van der Waals surface area contributed by atoms with Gasteiger partial charge in [0.05, 0.1) is 24.1 Å². The maximum atomic E-state index is 11.6. The molecule has 0 spiro atoms. The Hall–Kier alpha value is -1.73. The molecule has 0 aliphatic carbocycles. The zero-order chi connectivity index (χ0) is 14.7. The number of nitrogens with zero attached hydrogens (tertiary/aromatic N) is 2. The number of carbonyl (C=O) groups is 1. The quantitative estimate of drug-likeness (QED) is 0.675. The van der Waals surface area contributed by atoms with Gasteiger partial charge in [-0.25, -0.2) is 9.48 Å². The van der Waals surface area contributed by atoms with E-state index in [1.165, 1.54) is 6.20 Å². The van der Waals surface area contributed by atoms with Gasteiger partial charge in [0.1, 0.15) is 4.99 Å². The number of benzene rings is 1. The molecule has 0 unspecified atom stereocenters. The molecule has 1 heterocycles. The number of carbonyl (C=O) groups excluding carboxylic acids is 1. The van der Waals surface area contributed by atoms with E-state index in [0.717, 1.165) is 15.7 Å². The number of hydrogen-bond donors (Lipinski definition) is 1. The van der Waals surface area contributed by atoms with Crippen molar-refractivity contribution in [2.75, 3.05) is 6.61 Å². The highest BCUT2D eigenvalue weighted by Gasteiger charge is 2.11. The van der Waals surface area contributed by atoms with Crippen LogP contribution in [0, 0.1) is 0 Å². The molecule has 0 bridgehead atoms. The molecule has 0 radical (unpaired) electrons. The van der Waals surface area contributed by atoms with Gasteiger partial charge in [-0.15, -0.1) is 0 Å². The van der Waals surface area contributed by atoms with Crippen molar-refractivity contribution in [3.63, 3.8) is 0 Å². The van der Waals surface area contributed by atoms with E-state index >= 15 is 0 Å². The van der Waals surface area contributed by atoms with Crippen LogP contribution in [0.25, 0.3) is 5.69 Å². The van der Waals surface area contributed by atoms with Gasteiger partial charge in [0.2, 0.25) is 0 Å². The molecular formula is C13H12BrN3O2S. The lowest BCUT2D eigenvalue weighted by Gasteiger charge is -2.06. The standard InChI is InChI=1S/C13H12BrN3O2S/c1-2-19-13(18)8-6-16-17(7-8)9-3-4-10(12(15)20)11(14)5-9/h3-7H,2H2,1H3,(H2,15,20). The summed E-state index contributed by atoms with van der Waals surface area (Å²) in [5.41, 5.74) is 7.54. The molecule has 1 aromatic carbocycles. The second-order valence-electron chi connectivity index (χ2n) is 3.92. The van der Waals surface area contributed by atoms with Gasteiger partial charge in [0.25, 0.3) is 0 Å². The van der Waals surface area contributed by atoms with Crippen molar-refractivity contribution in [2.24, 2.45) is 5.73 Å². The second-order valence-corrected chi connectivity index (χ2v) is 5.22. The highest BCUT2D eigenvalue weighted by molar-refractivity contribution is 9.10.